The third kappa shape index (κ3) is 3.13. The molecule has 15 heavy (non-hydrogen) atoms. The van der Waals surface area contributed by atoms with Gasteiger partial charge in [-0.3, -0.25) is 0 Å². The molecule has 4 nitrogen and oxygen atoms in total. The van der Waals surface area contributed by atoms with Gasteiger partial charge < -0.3 is 14.7 Å². The van der Waals surface area contributed by atoms with Gasteiger partial charge >= 0.3 is 0 Å². The number of aliphatic imine (C=N–C) groups is 1. The maximum Gasteiger partial charge on any atom is 0.162 e. The molecule has 0 heterocycles. The molecule has 1 aromatic carbocycles. The van der Waals surface area contributed by atoms with Crippen LogP contribution in [0.25, 0.3) is 0 Å². The minimum absolute atomic E-state index is 0.0909. The number of nitrogens with zero attached hydrogens (tertiary/aromatic N) is 2. The van der Waals surface area contributed by atoms with E-state index in [1.54, 1.807) is 18.5 Å². The Morgan fingerprint density at radius 1 is 1.47 bits per heavy atom. The first kappa shape index (κ1) is 11.8. The van der Waals surface area contributed by atoms with Crippen molar-refractivity contribution in [2.75, 3.05) is 21.2 Å². The minimum atomic E-state index is 0.0909. The standard InChI is InChI=1S/C10H13BrN2O2/c1-13(2)6-12-8-5-10(15-3)9(14)4-7(8)11/h4-6,14H,1-3H3. The lowest BCUT2D eigenvalue weighted by molar-refractivity contribution is 0.373. The van der Waals surface area contributed by atoms with Crippen molar-refractivity contribution in [3.05, 3.63) is 16.6 Å². The molecule has 0 saturated heterocycles. The van der Waals surface area contributed by atoms with Gasteiger partial charge in [0.2, 0.25) is 0 Å². The number of phenols is 1. The van der Waals surface area contributed by atoms with E-state index in [2.05, 4.69) is 20.9 Å². The summed E-state index contributed by atoms with van der Waals surface area (Å²) in [6.45, 7) is 0. The monoisotopic (exact) mass is 272 g/mol. The molecule has 0 aliphatic heterocycles. The zero-order valence-corrected chi connectivity index (χ0v) is 10.4. The van der Waals surface area contributed by atoms with Crippen LogP contribution in [0.5, 0.6) is 11.5 Å². The number of phenolic OH excluding ortho intramolecular Hbond substituents is 1. The van der Waals surface area contributed by atoms with Crippen LogP contribution in [-0.2, 0) is 0 Å². The number of aromatic hydroxyl groups is 1. The van der Waals surface area contributed by atoms with Crippen molar-refractivity contribution in [3.8, 4) is 11.5 Å². The van der Waals surface area contributed by atoms with Gasteiger partial charge in [-0.1, -0.05) is 0 Å². The molecule has 1 rings (SSSR count). The van der Waals surface area contributed by atoms with Crippen molar-refractivity contribution in [3.63, 3.8) is 0 Å². The number of hydrogen-bond acceptors (Lipinski definition) is 3. The fourth-order valence-corrected chi connectivity index (χ4v) is 1.41. The van der Waals surface area contributed by atoms with Crippen molar-refractivity contribution >= 4 is 28.0 Å². The Balaban J connectivity index is 3.07. The molecule has 1 N–H and O–H groups in total. The maximum absolute atomic E-state index is 9.48. The molecule has 5 heteroatoms. The number of benzene rings is 1. The molecule has 0 aromatic heterocycles. The van der Waals surface area contributed by atoms with Gasteiger partial charge in [-0.05, 0) is 15.9 Å². The van der Waals surface area contributed by atoms with Crippen LogP contribution in [0.4, 0.5) is 5.69 Å². The summed E-state index contributed by atoms with van der Waals surface area (Å²) in [4.78, 5) is 6.04. The molecule has 0 radical (unpaired) electrons. The summed E-state index contributed by atoms with van der Waals surface area (Å²) in [5.74, 6) is 0.497. The van der Waals surface area contributed by atoms with Gasteiger partial charge in [-0.15, -0.1) is 0 Å². The molecule has 0 saturated carbocycles. The Kier molecular flexibility index (Phi) is 3.96. The molecule has 0 amide bonds. The second-order valence-electron chi connectivity index (χ2n) is 3.18. The summed E-state index contributed by atoms with van der Waals surface area (Å²) in [5, 5.41) is 9.48. The van der Waals surface area contributed by atoms with Gasteiger partial charge in [0.1, 0.15) is 0 Å². The van der Waals surface area contributed by atoms with E-state index in [1.165, 1.54) is 7.11 Å². The lowest BCUT2D eigenvalue weighted by Crippen LogP contribution is -2.07. The van der Waals surface area contributed by atoms with Crippen molar-refractivity contribution in [2.24, 2.45) is 4.99 Å². The average molecular weight is 273 g/mol. The largest absolute Gasteiger partial charge is 0.504 e. The first-order valence-electron chi connectivity index (χ1n) is 4.31. The molecule has 0 aliphatic rings. The highest BCUT2D eigenvalue weighted by atomic mass is 79.9. The van der Waals surface area contributed by atoms with E-state index in [4.69, 9.17) is 4.74 Å². The zero-order valence-electron chi connectivity index (χ0n) is 8.86. The normalized spacial score (nSPS) is 10.7. The van der Waals surface area contributed by atoms with Crippen LogP contribution < -0.4 is 4.74 Å². The van der Waals surface area contributed by atoms with Gasteiger partial charge in [0, 0.05) is 30.7 Å². The van der Waals surface area contributed by atoms with Crippen LogP contribution in [0.3, 0.4) is 0 Å². The molecule has 82 valence electrons. The second-order valence-corrected chi connectivity index (χ2v) is 4.04. The minimum Gasteiger partial charge on any atom is -0.504 e. The third-order valence-corrected chi connectivity index (χ3v) is 2.31. The predicted molar refractivity (Wildman–Crippen MR) is 64.2 cm³/mol. The lowest BCUT2D eigenvalue weighted by atomic mass is 10.3. The summed E-state index contributed by atoms with van der Waals surface area (Å²) in [6.07, 6.45) is 1.68. The Hall–Kier alpha value is -1.23. The molecule has 0 atom stereocenters. The Morgan fingerprint density at radius 2 is 2.13 bits per heavy atom. The topological polar surface area (TPSA) is 45.1 Å². The van der Waals surface area contributed by atoms with Gasteiger partial charge in [0.05, 0.1) is 19.1 Å². The van der Waals surface area contributed by atoms with Crippen LogP contribution in [0, 0.1) is 0 Å². The molecule has 0 aliphatic carbocycles. The van der Waals surface area contributed by atoms with Crippen LogP contribution in [0.2, 0.25) is 0 Å². The van der Waals surface area contributed by atoms with Crippen molar-refractivity contribution in [2.45, 2.75) is 0 Å². The van der Waals surface area contributed by atoms with Crippen molar-refractivity contribution < 1.29 is 9.84 Å². The number of rotatable bonds is 3. The van der Waals surface area contributed by atoms with Crippen LogP contribution in [0.15, 0.2) is 21.6 Å². The summed E-state index contributed by atoms with van der Waals surface area (Å²) in [5.41, 5.74) is 0.707. The first-order valence-corrected chi connectivity index (χ1v) is 5.11. The second kappa shape index (κ2) is 5.02. The van der Waals surface area contributed by atoms with E-state index in [0.717, 1.165) is 4.47 Å². The zero-order chi connectivity index (χ0) is 11.4. The van der Waals surface area contributed by atoms with E-state index in [9.17, 15) is 5.11 Å². The van der Waals surface area contributed by atoms with Crippen LogP contribution in [-0.4, -0.2) is 37.6 Å². The highest BCUT2D eigenvalue weighted by Crippen LogP contribution is 2.36. The van der Waals surface area contributed by atoms with Gasteiger partial charge in [0.25, 0.3) is 0 Å². The Morgan fingerprint density at radius 3 is 2.67 bits per heavy atom. The SMILES string of the molecule is COc1cc(N=CN(C)C)c(Br)cc1O. The summed E-state index contributed by atoms with van der Waals surface area (Å²) in [6, 6.07) is 3.22. The smallest absolute Gasteiger partial charge is 0.162 e. The molecule has 1 aromatic rings. The van der Waals surface area contributed by atoms with Gasteiger partial charge in [-0.25, -0.2) is 4.99 Å². The highest BCUT2D eigenvalue weighted by Gasteiger charge is 2.06. The molecule has 0 fully saturated rings. The highest BCUT2D eigenvalue weighted by molar-refractivity contribution is 9.10. The van der Waals surface area contributed by atoms with E-state index in [0.29, 0.717) is 11.4 Å². The van der Waals surface area contributed by atoms with Gasteiger partial charge in [0.15, 0.2) is 11.5 Å². The van der Waals surface area contributed by atoms with E-state index in [-0.39, 0.29) is 5.75 Å². The fraction of sp³-hybridized carbons (Fsp3) is 0.300. The number of hydrogen-bond donors (Lipinski definition) is 1. The average Bonchev–Trinajstić information content (AvgIpc) is 2.16. The fourth-order valence-electron chi connectivity index (χ4n) is 0.972. The molecule has 0 unspecified atom stereocenters. The predicted octanol–water partition coefficient (Wildman–Crippen LogP) is 2.38. The van der Waals surface area contributed by atoms with Crippen LogP contribution >= 0.6 is 15.9 Å². The number of ether oxygens (including phenoxy) is 1. The summed E-state index contributed by atoms with van der Waals surface area (Å²) in [7, 11) is 5.27. The molecule has 0 spiro atoms. The molecule has 0 bridgehead atoms. The van der Waals surface area contributed by atoms with E-state index in [1.807, 2.05) is 19.0 Å². The van der Waals surface area contributed by atoms with Crippen LogP contribution in [0.1, 0.15) is 0 Å². The van der Waals surface area contributed by atoms with Crippen molar-refractivity contribution in [1.82, 2.24) is 4.90 Å². The van der Waals surface area contributed by atoms with E-state index < -0.39 is 0 Å². The number of halogens is 1. The Bertz CT molecular complexity index is 378. The lowest BCUT2D eigenvalue weighted by Gasteiger charge is -2.07. The quantitative estimate of drug-likeness (QED) is 0.679. The molecular formula is C10H13BrN2O2. The number of methoxy groups -OCH3 is 1. The first-order chi connectivity index (χ1) is 7.04. The summed E-state index contributed by atoms with van der Waals surface area (Å²) >= 11 is 3.31. The van der Waals surface area contributed by atoms with Gasteiger partial charge in [-0.2, -0.15) is 0 Å². The summed E-state index contributed by atoms with van der Waals surface area (Å²) < 4.78 is 5.71. The Labute approximate surface area is 97.3 Å². The third-order valence-electron chi connectivity index (χ3n) is 1.68. The maximum atomic E-state index is 9.48. The van der Waals surface area contributed by atoms with E-state index >= 15 is 0 Å². The van der Waals surface area contributed by atoms with Crippen molar-refractivity contribution in [1.29, 1.82) is 0 Å². The molecular weight excluding hydrogens is 260 g/mol.